The predicted octanol–water partition coefficient (Wildman–Crippen LogP) is 7.86. The molecule has 0 bridgehead atoms. The molecule has 2 aliphatic carbocycles. The number of nitrogens with zero attached hydrogens (tertiary/aromatic N) is 1. The Morgan fingerprint density at radius 3 is 1.72 bits per heavy atom. The van der Waals surface area contributed by atoms with E-state index in [4.69, 9.17) is 28.4 Å². The molecule has 8 unspecified atom stereocenters. The van der Waals surface area contributed by atoms with E-state index in [2.05, 4.69) is 46.4 Å². The van der Waals surface area contributed by atoms with E-state index in [0.717, 1.165) is 44.2 Å². The molecule has 7 aliphatic rings. The molecule has 5 aliphatic heterocycles. The number of likely N-dealkylation sites (tertiary alicyclic amines) is 1. The van der Waals surface area contributed by atoms with Crippen molar-refractivity contribution in [3.05, 3.63) is 0 Å². The Morgan fingerprint density at radius 1 is 0.587 bits per heavy atom. The van der Waals surface area contributed by atoms with Crippen molar-refractivity contribution in [2.24, 2.45) is 59.2 Å². The third-order valence-electron chi connectivity index (χ3n) is 14.3. The maximum atomic E-state index is 6.92. The monoisotopic (exact) mass is 645 g/mol. The van der Waals surface area contributed by atoms with Gasteiger partial charge in [-0.05, 0) is 120 Å². The van der Waals surface area contributed by atoms with Crippen LogP contribution in [0.4, 0.5) is 0 Å². The minimum absolute atomic E-state index is 0.138. The standard InChI is InChI=1S/C39H67NO6/c1-7-29-33-16-12-24(3)31-18-14-26(5)44-39(35(31)33)46-37(29)42-22-28(40-19-9-8-10-20-40)21-41-36-27(6)32-15-11-23(2)30-17-13-25(4)43-38(45-36)34(30)32/h23-39H,7-22H2,1-6H3/t23-,24-,25?,26?,27-,28?,29-,30+,31+,32+,33+,34?,35?,36+,37?,38?,39?/m1/s1. The average Bonchev–Trinajstić information content (AvgIpc) is 3.33. The molecule has 7 heteroatoms. The zero-order valence-electron chi connectivity index (χ0n) is 30.0. The summed E-state index contributed by atoms with van der Waals surface area (Å²) in [5, 5.41) is 0. The van der Waals surface area contributed by atoms with Crippen molar-refractivity contribution in [2.75, 3.05) is 26.3 Å². The van der Waals surface area contributed by atoms with Gasteiger partial charge in [0.15, 0.2) is 25.2 Å². The van der Waals surface area contributed by atoms with E-state index in [1.54, 1.807) is 0 Å². The molecule has 7 nitrogen and oxygen atoms in total. The molecule has 17 atom stereocenters. The molecule has 0 aromatic carbocycles. The van der Waals surface area contributed by atoms with Gasteiger partial charge in [-0.2, -0.15) is 0 Å². The van der Waals surface area contributed by atoms with Gasteiger partial charge < -0.3 is 28.4 Å². The third kappa shape index (κ3) is 6.88. The topological polar surface area (TPSA) is 58.6 Å². The molecule has 0 aromatic heterocycles. The lowest BCUT2D eigenvalue weighted by molar-refractivity contribution is -0.343. The van der Waals surface area contributed by atoms with Gasteiger partial charge in [0.25, 0.3) is 0 Å². The Hall–Kier alpha value is -0.280. The second-order valence-corrected chi connectivity index (χ2v) is 17.1. The van der Waals surface area contributed by atoms with E-state index < -0.39 is 0 Å². The van der Waals surface area contributed by atoms with Gasteiger partial charge in [-0.3, -0.25) is 4.90 Å². The van der Waals surface area contributed by atoms with Crippen LogP contribution in [0.2, 0.25) is 0 Å². The van der Waals surface area contributed by atoms with Crippen LogP contribution in [-0.2, 0) is 28.4 Å². The van der Waals surface area contributed by atoms with Gasteiger partial charge >= 0.3 is 0 Å². The highest BCUT2D eigenvalue weighted by molar-refractivity contribution is 4.97. The van der Waals surface area contributed by atoms with Crippen LogP contribution >= 0.6 is 0 Å². The molecule has 0 radical (unpaired) electrons. The minimum Gasteiger partial charge on any atom is -0.351 e. The first-order chi connectivity index (χ1) is 22.3. The highest BCUT2D eigenvalue weighted by Crippen LogP contribution is 2.54. The Labute approximate surface area is 280 Å². The smallest absolute Gasteiger partial charge is 0.164 e. The van der Waals surface area contributed by atoms with Crippen LogP contribution in [0, 0.1) is 59.2 Å². The zero-order chi connectivity index (χ0) is 31.9. The summed E-state index contributed by atoms with van der Waals surface area (Å²) in [7, 11) is 0. The molecule has 0 aromatic rings. The molecule has 264 valence electrons. The molecule has 0 spiro atoms. The fourth-order valence-corrected chi connectivity index (χ4v) is 11.6. The van der Waals surface area contributed by atoms with Crippen molar-refractivity contribution in [2.45, 2.75) is 162 Å². The lowest BCUT2D eigenvalue weighted by Gasteiger charge is -2.53. The van der Waals surface area contributed by atoms with Crippen molar-refractivity contribution >= 4 is 0 Å². The van der Waals surface area contributed by atoms with Crippen molar-refractivity contribution in [1.29, 1.82) is 0 Å². The summed E-state index contributed by atoms with van der Waals surface area (Å²) < 4.78 is 40.6. The maximum absolute atomic E-state index is 6.92. The average molecular weight is 646 g/mol. The molecule has 7 rings (SSSR count). The van der Waals surface area contributed by atoms with Crippen molar-refractivity contribution < 1.29 is 28.4 Å². The first-order valence-electron chi connectivity index (χ1n) is 19.9. The van der Waals surface area contributed by atoms with Crippen LogP contribution in [-0.4, -0.2) is 74.6 Å². The molecule has 7 fully saturated rings. The highest BCUT2D eigenvalue weighted by atomic mass is 16.8. The molecular weight excluding hydrogens is 578 g/mol. The normalized spacial score (nSPS) is 50.5. The fourth-order valence-electron chi connectivity index (χ4n) is 11.6. The minimum atomic E-state index is -0.227. The SMILES string of the molecule is CC[C@H]1C(OCC(CO[C@H]2OC3OC(C)CC[C@@H]4C3[C@@H](CC[C@H]4C)[C@H]2C)N2CCCCC2)OC2OC(C)CC[C@@H]3C2[C@H]1CC[C@H]3C. The van der Waals surface area contributed by atoms with Crippen molar-refractivity contribution in [1.82, 2.24) is 4.90 Å². The molecular formula is C39H67NO6. The van der Waals surface area contributed by atoms with Crippen LogP contribution < -0.4 is 0 Å². The van der Waals surface area contributed by atoms with E-state index in [9.17, 15) is 0 Å². The summed E-state index contributed by atoms with van der Waals surface area (Å²) in [6.45, 7) is 17.6. The maximum Gasteiger partial charge on any atom is 0.164 e. The fraction of sp³-hybridized carbons (Fsp3) is 1.00. The van der Waals surface area contributed by atoms with Crippen LogP contribution in [0.5, 0.6) is 0 Å². The van der Waals surface area contributed by atoms with Crippen LogP contribution in [0.1, 0.15) is 119 Å². The molecule has 5 saturated heterocycles. The van der Waals surface area contributed by atoms with E-state index >= 15 is 0 Å². The van der Waals surface area contributed by atoms with Crippen molar-refractivity contribution in [3.8, 4) is 0 Å². The predicted molar refractivity (Wildman–Crippen MR) is 179 cm³/mol. The van der Waals surface area contributed by atoms with Gasteiger partial charge in [-0.15, -0.1) is 0 Å². The van der Waals surface area contributed by atoms with Gasteiger partial charge in [0, 0.05) is 23.7 Å². The second-order valence-electron chi connectivity index (χ2n) is 17.1. The Bertz CT molecular complexity index is 976. The summed E-state index contributed by atoms with van der Waals surface area (Å²) in [6, 6.07) is 0.189. The van der Waals surface area contributed by atoms with Crippen molar-refractivity contribution in [3.63, 3.8) is 0 Å². The second kappa shape index (κ2) is 14.9. The number of hydrogen-bond donors (Lipinski definition) is 0. The Morgan fingerprint density at radius 2 is 1.11 bits per heavy atom. The summed E-state index contributed by atoms with van der Waals surface area (Å²) in [5.41, 5.74) is 0. The quantitative estimate of drug-likeness (QED) is 0.266. The van der Waals surface area contributed by atoms with Gasteiger partial charge in [-0.25, -0.2) is 0 Å². The summed E-state index contributed by atoms with van der Waals surface area (Å²) in [5.74, 6) is 5.95. The highest BCUT2D eigenvalue weighted by Gasteiger charge is 2.54. The number of rotatable bonds is 8. The van der Waals surface area contributed by atoms with Crippen LogP contribution in [0.3, 0.4) is 0 Å². The lowest BCUT2D eigenvalue weighted by atomic mass is 9.60. The lowest BCUT2D eigenvalue weighted by Crippen LogP contribution is -2.56. The first-order valence-corrected chi connectivity index (χ1v) is 19.9. The largest absolute Gasteiger partial charge is 0.351 e. The Kier molecular flexibility index (Phi) is 11.1. The molecule has 2 saturated carbocycles. The van der Waals surface area contributed by atoms with E-state index in [0.29, 0.717) is 60.6 Å². The van der Waals surface area contributed by atoms with Gasteiger partial charge in [0.05, 0.1) is 31.5 Å². The summed E-state index contributed by atoms with van der Waals surface area (Å²) in [4.78, 5) is 2.62. The molecule has 0 N–H and O–H groups in total. The number of ether oxygens (including phenoxy) is 6. The van der Waals surface area contributed by atoms with E-state index in [1.807, 2.05) is 0 Å². The first kappa shape index (κ1) is 34.2. The zero-order valence-corrected chi connectivity index (χ0v) is 30.0. The van der Waals surface area contributed by atoms with Gasteiger partial charge in [0.1, 0.15) is 0 Å². The van der Waals surface area contributed by atoms with E-state index in [1.165, 1.54) is 57.8 Å². The van der Waals surface area contributed by atoms with Crippen LogP contribution in [0.25, 0.3) is 0 Å². The molecule has 5 heterocycles. The van der Waals surface area contributed by atoms with Gasteiger partial charge in [0.2, 0.25) is 0 Å². The number of piperidine rings is 1. The third-order valence-corrected chi connectivity index (χ3v) is 14.3. The molecule has 46 heavy (non-hydrogen) atoms. The van der Waals surface area contributed by atoms with E-state index in [-0.39, 0.29) is 43.4 Å². The molecule has 0 amide bonds. The van der Waals surface area contributed by atoms with Gasteiger partial charge in [-0.1, -0.05) is 47.0 Å². The van der Waals surface area contributed by atoms with Crippen LogP contribution in [0.15, 0.2) is 0 Å². The summed E-state index contributed by atoms with van der Waals surface area (Å²) in [6.07, 6.45) is 14.7. The number of hydrogen-bond acceptors (Lipinski definition) is 7. The Balaban J connectivity index is 1.04. The summed E-state index contributed by atoms with van der Waals surface area (Å²) >= 11 is 0.